The molecule has 1 amide bonds. The van der Waals surface area contributed by atoms with Crippen molar-refractivity contribution in [3.05, 3.63) is 100 Å². The van der Waals surface area contributed by atoms with Gasteiger partial charge < -0.3 is 9.88 Å². The van der Waals surface area contributed by atoms with E-state index in [2.05, 4.69) is 61.1 Å². The molecule has 0 aliphatic rings. The van der Waals surface area contributed by atoms with Crippen LogP contribution in [-0.4, -0.2) is 15.5 Å². The lowest BCUT2D eigenvalue weighted by Crippen LogP contribution is -2.23. The Morgan fingerprint density at radius 3 is 2.48 bits per heavy atom. The van der Waals surface area contributed by atoms with Crippen LogP contribution in [0.5, 0.6) is 0 Å². The number of rotatable bonds is 7. The molecule has 0 fully saturated rings. The van der Waals surface area contributed by atoms with Crippen molar-refractivity contribution in [2.45, 2.75) is 25.9 Å². The van der Waals surface area contributed by atoms with Gasteiger partial charge in [0.15, 0.2) is 0 Å². The number of fused-ring (bicyclic) bond motifs is 1. The summed E-state index contributed by atoms with van der Waals surface area (Å²) in [6.45, 7) is 1.32. The van der Waals surface area contributed by atoms with Crippen LogP contribution in [0.25, 0.3) is 11.0 Å². The molecule has 4 rings (SSSR count). The van der Waals surface area contributed by atoms with Gasteiger partial charge in [-0.1, -0.05) is 70.5 Å². The molecule has 0 radical (unpaired) electrons. The Kier molecular flexibility index (Phi) is 6.06. The Morgan fingerprint density at radius 1 is 0.931 bits per heavy atom. The number of carbonyl (C=O) groups is 1. The molecule has 4 nitrogen and oxygen atoms in total. The molecule has 146 valence electrons. The normalized spacial score (nSPS) is 10.9. The van der Waals surface area contributed by atoms with Crippen molar-refractivity contribution in [2.24, 2.45) is 0 Å². The van der Waals surface area contributed by atoms with Gasteiger partial charge in [0.25, 0.3) is 0 Å². The standard InChI is InChI=1S/C24H22BrN3O/c25-21-6-2-1-5-20(21)13-14-24(29)26-15-18-9-11-19(12-10-18)16-28-17-27-22-7-3-4-8-23(22)28/h1-12,17H,13-16H2,(H,26,29). The molecular formula is C24H22BrN3O. The van der Waals surface area contributed by atoms with E-state index in [1.54, 1.807) is 0 Å². The van der Waals surface area contributed by atoms with Crippen LogP contribution in [0.4, 0.5) is 0 Å². The summed E-state index contributed by atoms with van der Waals surface area (Å²) in [5.41, 5.74) is 5.60. The first-order valence-corrected chi connectivity index (χ1v) is 10.5. The van der Waals surface area contributed by atoms with Crippen LogP contribution < -0.4 is 5.32 Å². The van der Waals surface area contributed by atoms with Gasteiger partial charge in [-0.3, -0.25) is 4.79 Å². The lowest BCUT2D eigenvalue weighted by atomic mass is 10.1. The van der Waals surface area contributed by atoms with Crippen LogP contribution >= 0.6 is 15.9 Å². The SMILES string of the molecule is O=C(CCc1ccccc1Br)NCc1ccc(Cn2cnc3ccccc32)cc1. The predicted octanol–water partition coefficient (Wildman–Crippen LogP) is 5.10. The number of para-hydroxylation sites is 2. The Balaban J connectivity index is 1.29. The molecule has 0 bridgehead atoms. The van der Waals surface area contributed by atoms with Crippen molar-refractivity contribution in [3.8, 4) is 0 Å². The number of amides is 1. The summed E-state index contributed by atoms with van der Waals surface area (Å²) in [5, 5.41) is 3.01. The fourth-order valence-corrected chi connectivity index (χ4v) is 3.82. The molecule has 0 atom stereocenters. The molecule has 0 unspecified atom stereocenters. The van der Waals surface area contributed by atoms with E-state index in [4.69, 9.17) is 0 Å². The van der Waals surface area contributed by atoms with Gasteiger partial charge in [0.05, 0.1) is 17.4 Å². The highest BCUT2D eigenvalue weighted by Crippen LogP contribution is 2.17. The maximum atomic E-state index is 12.2. The second-order valence-electron chi connectivity index (χ2n) is 7.05. The highest BCUT2D eigenvalue weighted by Gasteiger charge is 2.06. The third kappa shape index (κ3) is 4.93. The van der Waals surface area contributed by atoms with Crippen LogP contribution in [0.2, 0.25) is 0 Å². The first-order valence-electron chi connectivity index (χ1n) is 9.67. The highest BCUT2D eigenvalue weighted by atomic mass is 79.9. The predicted molar refractivity (Wildman–Crippen MR) is 120 cm³/mol. The van der Waals surface area contributed by atoms with E-state index in [-0.39, 0.29) is 5.91 Å². The second kappa shape index (κ2) is 9.05. The van der Waals surface area contributed by atoms with Crippen LogP contribution in [0.1, 0.15) is 23.1 Å². The first-order chi connectivity index (χ1) is 14.2. The summed E-state index contributed by atoms with van der Waals surface area (Å²) in [6, 6.07) is 24.5. The lowest BCUT2D eigenvalue weighted by molar-refractivity contribution is -0.121. The summed E-state index contributed by atoms with van der Waals surface area (Å²) in [7, 11) is 0. The van der Waals surface area contributed by atoms with Crippen molar-refractivity contribution < 1.29 is 4.79 Å². The Labute approximate surface area is 178 Å². The van der Waals surface area contributed by atoms with E-state index >= 15 is 0 Å². The Morgan fingerprint density at radius 2 is 1.66 bits per heavy atom. The molecule has 5 heteroatoms. The van der Waals surface area contributed by atoms with Gasteiger partial charge in [-0.05, 0) is 41.3 Å². The van der Waals surface area contributed by atoms with Gasteiger partial charge in [-0.2, -0.15) is 0 Å². The molecule has 1 N–H and O–H groups in total. The third-order valence-corrected chi connectivity index (χ3v) is 5.75. The van der Waals surface area contributed by atoms with E-state index in [9.17, 15) is 4.79 Å². The van der Waals surface area contributed by atoms with Crippen LogP contribution in [-0.2, 0) is 24.3 Å². The lowest BCUT2D eigenvalue weighted by Gasteiger charge is -2.08. The van der Waals surface area contributed by atoms with E-state index in [0.29, 0.717) is 13.0 Å². The molecule has 1 heterocycles. The second-order valence-corrected chi connectivity index (χ2v) is 7.90. The minimum Gasteiger partial charge on any atom is -0.352 e. The zero-order valence-corrected chi connectivity index (χ0v) is 17.6. The Bertz CT molecular complexity index is 1120. The quantitative estimate of drug-likeness (QED) is 0.428. The van der Waals surface area contributed by atoms with E-state index in [1.165, 1.54) is 5.56 Å². The van der Waals surface area contributed by atoms with Gasteiger partial charge in [0, 0.05) is 24.0 Å². The smallest absolute Gasteiger partial charge is 0.220 e. The van der Waals surface area contributed by atoms with Gasteiger partial charge in [0.2, 0.25) is 5.91 Å². The minimum atomic E-state index is 0.0646. The molecule has 0 saturated carbocycles. The van der Waals surface area contributed by atoms with Gasteiger partial charge >= 0.3 is 0 Å². The molecule has 0 spiro atoms. The number of hydrogen-bond acceptors (Lipinski definition) is 2. The van der Waals surface area contributed by atoms with Gasteiger partial charge in [-0.15, -0.1) is 0 Å². The number of benzene rings is 3. The molecule has 1 aromatic heterocycles. The largest absolute Gasteiger partial charge is 0.352 e. The van der Waals surface area contributed by atoms with Crippen molar-refractivity contribution in [2.75, 3.05) is 0 Å². The molecule has 4 aromatic rings. The zero-order valence-electron chi connectivity index (χ0n) is 16.0. The fraction of sp³-hybridized carbons (Fsp3) is 0.167. The monoisotopic (exact) mass is 447 g/mol. The summed E-state index contributed by atoms with van der Waals surface area (Å²) in [4.78, 5) is 16.6. The maximum absolute atomic E-state index is 12.2. The molecule has 3 aromatic carbocycles. The third-order valence-electron chi connectivity index (χ3n) is 4.97. The average molecular weight is 448 g/mol. The Hall–Kier alpha value is -2.92. The number of imidazole rings is 1. The van der Waals surface area contributed by atoms with Crippen LogP contribution in [0.15, 0.2) is 83.6 Å². The number of nitrogens with zero attached hydrogens (tertiary/aromatic N) is 2. The molecule has 0 aliphatic heterocycles. The fourth-order valence-electron chi connectivity index (χ4n) is 3.33. The van der Waals surface area contributed by atoms with Gasteiger partial charge in [-0.25, -0.2) is 4.98 Å². The number of carbonyl (C=O) groups excluding carboxylic acids is 1. The van der Waals surface area contributed by atoms with Crippen LogP contribution in [0.3, 0.4) is 0 Å². The number of halogens is 1. The van der Waals surface area contributed by atoms with Crippen molar-refractivity contribution in [3.63, 3.8) is 0 Å². The van der Waals surface area contributed by atoms with Crippen LogP contribution in [0, 0.1) is 0 Å². The summed E-state index contributed by atoms with van der Waals surface area (Å²) >= 11 is 3.53. The van der Waals surface area contributed by atoms with Crippen molar-refractivity contribution in [1.82, 2.24) is 14.9 Å². The van der Waals surface area contributed by atoms with E-state index in [1.807, 2.05) is 48.8 Å². The zero-order chi connectivity index (χ0) is 20.1. The average Bonchev–Trinajstić information content (AvgIpc) is 3.15. The molecular weight excluding hydrogens is 426 g/mol. The first kappa shape index (κ1) is 19.4. The summed E-state index contributed by atoms with van der Waals surface area (Å²) < 4.78 is 3.20. The number of hydrogen-bond donors (Lipinski definition) is 1. The molecule has 0 aliphatic carbocycles. The number of aryl methyl sites for hydroxylation is 1. The van der Waals surface area contributed by atoms with Crippen molar-refractivity contribution in [1.29, 1.82) is 0 Å². The van der Waals surface area contributed by atoms with Gasteiger partial charge in [0.1, 0.15) is 0 Å². The minimum absolute atomic E-state index is 0.0646. The topological polar surface area (TPSA) is 46.9 Å². The maximum Gasteiger partial charge on any atom is 0.220 e. The molecule has 0 saturated heterocycles. The van der Waals surface area contributed by atoms with Crippen molar-refractivity contribution >= 4 is 32.9 Å². The van der Waals surface area contributed by atoms with E-state index < -0.39 is 0 Å². The number of nitrogens with one attached hydrogen (secondary N) is 1. The highest BCUT2D eigenvalue weighted by molar-refractivity contribution is 9.10. The van der Waals surface area contributed by atoms with E-state index in [0.717, 1.165) is 39.6 Å². The summed E-state index contributed by atoms with van der Waals surface area (Å²) in [6.07, 6.45) is 3.09. The summed E-state index contributed by atoms with van der Waals surface area (Å²) in [5.74, 6) is 0.0646. The number of aromatic nitrogens is 2. The molecule has 29 heavy (non-hydrogen) atoms.